The summed E-state index contributed by atoms with van der Waals surface area (Å²) in [6, 6.07) is 8.03. The van der Waals surface area contributed by atoms with E-state index in [0.29, 0.717) is 24.2 Å². The van der Waals surface area contributed by atoms with Gasteiger partial charge in [-0.1, -0.05) is 36.6 Å². The van der Waals surface area contributed by atoms with Gasteiger partial charge in [-0.05, 0) is 80.4 Å². The molecule has 148 valence electrons. The zero-order chi connectivity index (χ0) is 19.4. The van der Waals surface area contributed by atoms with Crippen LogP contribution in [0.25, 0.3) is 0 Å². The fourth-order valence-corrected chi connectivity index (χ4v) is 5.95. The van der Waals surface area contributed by atoms with Crippen molar-refractivity contribution < 1.29 is 14.7 Å². The van der Waals surface area contributed by atoms with Crippen molar-refractivity contribution in [2.75, 3.05) is 0 Å². The maximum Gasteiger partial charge on any atom is 0.303 e. The topological polar surface area (TPSA) is 80.4 Å². The highest BCUT2D eigenvalue weighted by atomic mass is 35.5. The van der Waals surface area contributed by atoms with E-state index in [1.165, 1.54) is 5.56 Å². The molecular weight excluding hydrogens is 362 g/mol. The number of benzene rings is 1. The molecule has 0 aliphatic heterocycles. The highest BCUT2D eigenvalue weighted by molar-refractivity contribution is 6.30. The number of amides is 1. The number of nitrogens with two attached hydrogens (primary N) is 1. The number of hydrogen-bond donors (Lipinski definition) is 2. The van der Waals surface area contributed by atoms with Crippen LogP contribution in [0.3, 0.4) is 0 Å². The van der Waals surface area contributed by atoms with E-state index >= 15 is 0 Å². The van der Waals surface area contributed by atoms with Crippen LogP contribution in [0.4, 0.5) is 0 Å². The lowest BCUT2D eigenvalue weighted by Gasteiger charge is -2.38. The van der Waals surface area contributed by atoms with E-state index in [0.717, 1.165) is 56.4 Å². The van der Waals surface area contributed by atoms with Crippen LogP contribution < -0.4 is 5.73 Å². The number of primary amides is 1. The van der Waals surface area contributed by atoms with Crippen LogP contribution in [-0.2, 0) is 16.0 Å². The summed E-state index contributed by atoms with van der Waals surface area (Å²) in [6.07, 6.45) is 8.85. The molecule has 4 nitrogen and oxygen atoms in total. The number of halogens is 1. The second-order valence-corrected chi connectivity index (χ2v) is 8.89. The summed E-state index contributed by atoms with van der Waals surface area (Å²) < 4.78 is 0. The van der Waals surface area contributed by atoms with Crippen molar-refractivity contribution in [1.29, 1.82) is 0 Å². The monoisotopic (exact) mass is 391 g/mol. The third-order valence-corrected chi connectivity index (χ3v) is 7.21. The molecular formula is C22H30ClNO3. The summed E-state index contributed by atoms with van der Waals surface area (Å²) in [4.78, 5) is 23.0. The van der Waals surface area contributed by atoms with Crippen LogP contribution in [0.1, 0.15) is 63.4 Å². The van der Waals surface area contributed by atoms with Gasteiger partial charge in [0.05, 0.1) is 5.41 Å². The minimum atomic E-state index is -0.733. The Kier molecular flexibility index (Phi) is 6.46. The maximum absolute atomic E-state index is 12.4. The first-order valence-electron chi connectivity index (χ1n) is 10.2. The number of rotatable bonds is 10. The molecule has 5 heteroatoms. The fraction of sp³-hybridized carbons (Fsp3) is 0.636. The molecule has 4 unspecified atom stereocenters. The lowest BCUT2D eigenvalue weighted by Crippen LogP contribution is -2.42. The predicted molar refractivity (Wildman–Crippen MR) is 106 cm³/mol. The largest absolute Gasteiger partial charge is 0.481 e. The lowest BCUT2D eigenvalue weighted by molar-refractivity contribution is -0.137. The molecule has 2 aliphatic carbocycles. The van der Waals surface area contributed by atoms with E-state index in [9.17, 15) is 9.59 Å². The van der Waals surface area contributed by atoms with Gasteiger partial charge in [-0.15, -0.1) is 0 Å². The average Bonchev–Trinajstić information content (AvgIpc) is 3.18. The first-order chi connectivity index (χ1) is 12.9. The third kappa shape index (κ3) is 4.48. The van der Waals surface area contributed by atoms with Crippen LogP contribution in [0.2, 0.25) is 5.02 Å². The van der Waals surface area contributed by atoms with E-state index in [2.05, 4.69) is 6.07 Å². The van der Waals surface area contributed by atoms with E-state index in [1.54, 1.807) is 0 Å². The van der Waals surface area contributed by atoms with Gasteiger partial charge in [0.25, 0.3) is 0 Å². The number of carbonyl (C=O) groups excluding carboxylic acids is 1. The Bertz CT molecular complexity index is 692. The Balaban J connectivity index is 1.63. The number of carboxylic acids is 1. The standard InChI is InChI=1S/C22H30ClNO3/c23-17-6-4-5-15(13-17)9-10-18-16-11-12-22(14-16,21(24)27)19(18)7-2-1-3-8-20(25)26/h4-6,13,16,18-19H,1-3,7-12,14H2,(H2,24,27)(H,25,26). The average molecular weight is 392 g/mol. The molecule has 0 spiro atoms. The Labute approximate surface area is 166 Å². The smallest absolute Gasteiger partial charge is 0.303 e. The first kappa shape index (κ1) is 20.2. The molecule has 2 bridgehead atoms. The van der Waals surface area contributed by atoms with E-state index < -0.39 is 5.97 Å². The van der Waals surface area contributed by atoms with Gasteiger partial charge in [0.2, 0.25) is 5.91 Å². The molecule has 0 saturated heterocycles. The number of carboxylic acid groups (broad SMARTS) is 1. The van der Waals surface area contributed by atoms with Crippen molar-refractivity contribution in [3.63, 3.8) is 0 Å². The van der Waals surface area contributed by atoms with Crippen molar-refractivity contribution in [2.45, 2.75) is 64.2 Å². The van der Waals surface area contributed by atoms with Crippen molar-refractivity contribution in [3.05, 3.63) is 34.9 Å². The van der Waals surface area contributed by atoms with E-state index in [1.807, 2.05) is 18.2 Å². The number of carbonyl (C=O) groups is 2. The molecule has 2 fully saturated rings. The van der Waals surface area contributed by atoms with Gasteiger partial charge in [-0.25, -0.2) is 0 Å². The Morgan fingerprint density at radius 1 is 1.22 bits per heavy atom. The van der Waals surface area contributed by atoms with Crippen molar-refractivity contribution in [1.82, 2.24) is 0 Å². The van der Waals surface area contributed by atoms with Crippen LogP contribution in [0, 0.1) is 23.2 Å². The molecule has 1 amide bonds. The zero-order valence-electron chi connectivity index (χ0n) is 15.8. The van der Waals surface area contributed by atoms with E-state index in [4.69, 9.17) is 22.4 Å². The number of fused-ring (bicyclic) bond motifs is 2. The minimum Gasteiger partial charge on any atom is -0.481 e. The summed E-state index contributed by atoms with van der Waals surface area (Å²) in [5, 5.41) is 9.56. The van der Waals surface area contributed by atoms with Gasteiger partial charge in [-0.2, -0.15) is 0 Å². The summed E-state index contributed by atoms with van der Waals surface area (Å²) in [6.45, 7) is 0. The number of aryl methyl sites for hydroxylation is 1. The van der Waals surface area contributed by atoms with Gasteiger partial charge in [-0.3, -0.25) is 9.59 Å². The van der Waals surface area contributed by atoms with Gasteiger partial charge in [0.1, 0.15) is 0 Å². The Hall–Kier alpha value is -1.55. The molecule has 1 aromatic carbocycles. The predicted octanol–water partition coefficient (Wildman–Crippen LogP) is 4.83. The van der Waals surface area contributed by atoms with Gasteiger partial charge in [0, 0.05) is 11.4 Å². The molecule has 27 heavy (non-hydrogen) atoms. The third-order valence-electron chi connectivity index (χ3n) is 6.97. The molecule has 0 radical (unpaired) electrons. The number of hydrogen-bond acceptors (Lipinski definition) is 2. The summed E-state index contributed by atoms with van der Waals surface area (Å²) in [5.74, 6) is 0.622. The second-order valence-electron chi connectivity index (χ2n) is 8.46. The molecule has 1 aromatic rings. The molecule has 4 atom stereocenters. The summed E-state index contributed by atoms with van der Waals surface area (Å²) >= 11 is 6.11. The molecule has 0 heterocycles. The lowest BCUT2D eigenvalue weighted by atomic mass is 9.66. The SMILES string of the molecule is NC(=O)C12CCC(C1)C(CCc1cccc(Cl)c1)C2CCCCCC(=O)O. The number of unbranched alkanes of at least 4 members (excludes halogenated alkanes) is 2. The van der Waals surface area contributed by atoms with Gasteiger partial charge < -0.3 is 10.8 Å². The van der Waals surface area contributed by atoms with Crippen molar-refractivity contribution in [2.24, 2.45) is 28.9 Å². The van der Waals surface area contributed by atoms with Gasteiger partial charge >= 0.3 is 5.97 Å². The van der Waals surface area contributed by atoms with E-state index in [-0.39, 0.29) is 17.7 Å². The number of aliphatic carboxylic acids is 1. The highest BCUT2D eigenvalue weighted by Crippen LogP contribution is 2.63. The molecule has 2 saturated carbocycles. The fourth-order valence-electron chi connectivity index (χ4n) is 5.73. The Morgan fingerprint density at radius 3 is 2.74 bits per heavy atom. The highest BCUT2D eigenvalue weighted by Gasteiger charge is 2.59. The van der Waals surface area contributed by atoms with Crippen molar-refractivity contribution in [3.8, 4) is 0 Å². The Morgan fingerprint density at radius 2 is 2.04 bits per heavy atom. The molecule has 0 aromatic heterocycles. The van der Waals surface area contributed by atoms with Gasteiger partial charge in [0.15, 0.2) is 0 Å². The van der Waals surface area contributed by atoms with Crippen LogP contribution in [-0.4, -0.2) is 17.0 Å². The minimum absolute atomic E-state index is 0.120. The zero-order valence-corrected chi connectivity index (χ0v) is 16.6. The quantitative estimate of drug-likeness (QED) is 0.560. The maximum atomic E-state index is 12.4. The van der Waals surface area contributed by atoms with Crippen LogP contribution in [0.5, 0.6) is 0 Å². The van der Waals surface area contributed by atoms with Crippen molar-refractivity contribution >= 4 is 23.5 Å². The summed E-state index contributed by atoms with van der Waals surface area (Å²) in [5.41, 5.74) is 6.81. The first-order valence-corrected chi connectivity index (χ1v) is 10.6. The van der Waals surface area contributed by atoms with Crippen LogP contribution in [0.15, 0.2) is 24.3 Å². The molecule has 2 aliphatic rings. The summed E-state index contributed by atoms with van der Waals surface area (Å²) in [7, 11) is 0. The normalized spacial score (nSPS) is 29.1. The second kappa shape index (κ2) is 8.64. The van der Waals surface area contributed by atoms with Crippen LogP contribution >= 0.6 is 11.6 Å². The molecule has 3 rings (SSSR count). The molecule has 3 N–H and O–H groups in total.